The number of benzene rings is 1. The fourth-order valence-electron chi connectivity index (χ4n) is 2.97. The molecule has 1 saturated carbocycles. The van der Waals surface area contributed by atoms with Crippen LogP contribution in [0.2, 0.25) is 5.02 Å². The minimum absolute atomic E-state index is 0.0128. The van der Waals surface area contributed by atoms with E-state index in [0.717, 1.165) is 17.0 Å². The molecule has 2 rings (SSSR count). The van der Waals surface area contributed by atoms with Crippen molar-refractivity contribution in [3.8, 4) is 0 Å². The Morgan fingerprint density at radius 3 is 2.70 bits per heavy atom. The summed E-state index contributed by atoms with van der Waals surface area (Å²) in [6, 6.07) is 7.76. The first kappa shape index (κ1) is 17.8. The van der Waals surface area contributed by atoms with Crippen LogP contribution in [-0.2, 0) is 16.0 Å². The van der Waals surface area contributed by atoms with E-state index in [-0.39, 0.29) is 17.3 Å². The highest BCUT2D eigenvalue weighted by molar-refractivity contribution is 6.30. The number of halogens is 1. The van der Waals surface area contributed by atoms with Crippen molar-refractivity contribution in [1.82, 2.24) is 0 Å². The first-order valence-corrected chi connectivity index (χ1v) is 8.41. The second kappa shape index (κ2) is 7.35. The van der Waals surface area contributed by atoms with E-state index in [9.17, 15) is 4.79 Å². The lowest BCUT2D eigenvalue weighted by molar-refractivity contribution is -0.144. The molecule has 23 heavy (non-hydrogen) atoms. The molecule has 1 aromatic carbocycles. The number of hydrogen-bond donors (Lipinski definition) is 0. The van der Waals surface area contributed by atoms with Gasteiger partial charge in [-0.1, -0.05) is 61.4 Å². The lowest BCUT2D eigenvalue weighted by Gasteiger charge is -2.03. The van der Waals surface area contributed by atoms with Crippen LogP contribution in [0.25, 0.3) is 0 Å². The van der Waals surface area contributed by atoms with Gasteiger partial charge in [-0.05, 0) is 49.3 Å². The summed E-state index contributed by atoms with van der Waals surface area (Å²) in [6.07, 6.45) is 6.86. The topological polar surface area (TPSA) is 26.3 Å². The van der Waals surface area contributed by atoms with Crippen LogP contribution in [0.5, 0.6) is 0 Å². The van der Waals surface area contributed by atoms with Crippen molar-refractivity contribution >= 4 is 17.6 Å². The summed E-state index contributed by atoms with van der Waals surface area (Å²) in [5.74, 6) is 0.194. The number of ether oxygens (including phenoxy) is 1. The van der Waals surface area contributed by atoms with Crippen molar-refractivity contribution in [2.45, 2.75) is 34.1 Å². The highest BCUT2D eigenvalue weighted by Crippen LogP contribution is 2.59. The maximum atomic E-state index is 12.2. The number of carbonyl (C=O) groups is 1. The molecule has 0 amide bonds. The van der Waals surface area contributed by atoms with Crippen molar-refractivity contribution in [3.05, 3.63) is 58.7 Å². The van der Waals surface area contributed by atoms with E-state index >= 15 is 0 Å². The summed E-state index contributed by atoms with van der Waals surface area (Å²) in [4.78, 5) is 12.2. The number of carbonyl (C=O) groups excluding carboxylic acids is 1. The molecule has 0 heterocycles. The van der Waals surface area contributed by atoms with Gasteiger partial charge in [-0.15, -0.1) is 0 Å². The first-order valence-electron chi connectivity index (χ1n) is 8.03. The summed E-state index contributed by atoms with van der Waals surface area (Å²) >= 11 is 5.95. The van der Waals surface area contributed by atoms with Crippen LogP contribution in [0, 0.1) is 17.3 Å². The van der Waals surface area contributed by atoms with Gasteiger partial charge in [0.15, 0.2) is 0 Å². The fourth-order valence-corrected chi connectivity index (χ4v) is 3.18. The highest BCUT2D eigenvalue weighted by Gasteiger charge is 2.61. The standard InChI is InChI=1S/C20H25ClO2/c1-14(2)12-17-18(20(17,3)4)19(22)23-11-6-5-8-15-9-7-10-16(21)13-15/h5-7,9-10,12-13,17-18H,8,11H2,1-4H3. The quantitative estimate of drug-likeness (QED) is 0.527. The molecule has 0 saturated heterocycles. The first-order chi connectivity index (χ1) is 10.8. The molecule has 2 atom stereocenters. The number of allylic oxidation sites excluding steroid dienone is 3. The van der Waals surface area contributed by atoms with Gasteiger partial charge in [-0.3, -0.25) is 4.79 Å². The van der Waals surface area contributed by atoms with Gasteiger partial charge in [0.25, 0.3) is 0 Å². The van der Waals surface area contributed by atoms with E-state index in [1.807, 2.05) is 36.4 Å². The Morgan fingerprint density at radius 2 is 2.04 bits per heavy atom. The van der Waals surface area contributed by atoms with Gasteiger partial charge in [0.05, 0.1) is 5.92 Å². The van der Waals surface area contributed by atoms with Gasteiger partial charge in [0, 0.05) is 5.02 Å². The molecule has 0 aromatic heterocycles. The summed E-state index contributed by atoms with van der Waals surface area (Å²) in [6.45, 7) is 8.70. The lowest BCUT2D eigenvalue weighted by Crippen LogP contribution is -2.10. The second-order valence-electron chi connectivity index (χ2n) is 7.00. The smallest absolute Gasteiger partial charge is 0.310 e. The Morgan fingerprint density at radius 1 is 1.30 bits per heavy atom. The zero-order valence-electron chi connectivity index (χ0n) is 14.3. The molecule has 1 aromatic rings. The number of rotatable bonds is 6. The predicted octanol–water partition coefficient (Wildman–Crippen LogP) is 5.22. The van der Waals surface area contributed by atoms with Crippen LogP contribution >= 0.6 is 11.6 Å². The molecule has 1 fully saturated rings. The van der Waals surface area contributed by atoms with E-state index in [0.29, 0.717) is 12.5 Å². The normalized spacial score (nSPS) is 22.0. The molecule has 1 aliphatic rings. The molecule has 0 bridgehead atoms. The number of hydrogen-bond acceptors (Lipinski definition) is 2. The van der Waals surface area contributed by atoms with E-state index in [4.69, 9.17) is 16.3 Å². The van der Waals surface area contributed by atoms with Crippen LogP contribution in [0.4, 0.5) is 0 Å². The molecule has 0 radical (unpaired) electrons. The van der Waals surface area contributed by atoms with Crippen molar-refractivity contribution in [1.29, 1.82) is 0 Å². The predicted molar refractivity (Wildman–Crippen MR) is 95.4 cm³/mol. The number of esters is 1. The lowest BCUT2D eigenvalue weighted by atomic mass is 10.1. The monoisotopic (exact) mass is 332 g/mol. The zero-order chi connectivity index (χ0) is 17.0. The van der Waals surface area contributed by atoms with Gasteiger partial charge in [-0.2, -0.15) is 0 Å². The fraction of sp³-hybridized carbons (Fsp3) is 0.450. The van der Waals surface area contributed by atoms with E-state index in [1.165, 1.54) is 5.57 Å². The van der Waals surface area contributed by atoms with Crippen molar-refractivity contribution in [3.63, 3.8) is 0 Å². The van der Waals surface area contributed by atoms with Crippen molar-refractivity contribution in [2.24, 2.45) is 17.3 Å². The average molecular weight is 333 g/mol. The third kappa shape index (κ3) is 4.71. The Hall–Kier alpha value is -1.54. The Bertz CT molecular complexity index is 624. The summed E-state index contributed by atoms with van der Waals surface area (Å²) in [5, 5.41) is 0.739. The summed E-state index contributed by atoms with van der Waals surface area (Å²) in [5.41, 5.74) is 2.41. The average Bonchev–Trinajstić information content (AvgIpc) is 2.98. The van der Waals surface area contributed by atoms with Crippen LogP contribution in [-0.4, -0.2) is 12.6 Å². The molecule has 2 unspecified atom stereocenters. The SMILES string of the molecule is CC(C)=CC1C(C(=O)OCC=CCc2cccc(Cl)c2)C1(C)C. The molecular formula is C20H25ClO2. The third-order valence-electron chi connectivity index (χ3n) is 4.41. The van der Waals surface area contributed by atoms with Gasteiger partial charge in [0.1, 0.15) is 6.61 Å². The van der Waals surface area contributed by atoms with Crippen LogP contribution in [0.3, 0.4) is 0 Å². The van der Waals surface area contributed by atoms with Gasteiger partial charge in [0.2, 0.25) is 0 Å². The largest absolute Gasteiger partial charge is 0.461 e. The summed E-state index contributed by atoms with van der Waals surface area (Å²) < 4.78 is 5.39. The molecule has 1 aliphatic carbocycles. The molecule has 0 aliphatic heterocycles. The van der Waals surface area contributed by atoms with Crippen LogP contribution in [0.15, 0.2) is 48.1 Å². The van der Waals surface area contributed by atoms with E-state index < -0.39 is 0 Å². The molecule has 2 nitrogen and oxygen atoms in total. The zero-order valence-corrected chi connectivity index (χ0v) is 15.1. The molecule has 0 N–H and O–H groups in total. The molecule has 0 spiro atoms. The van der Waals surface area contributed by atoms with Gasteiger partial charge < -0.3 is 4.74 Å². The van der Waals surface area contributed by atoms with Crippen molar-refractivity contribution < 1.29 is 9.53 Å². The van der Waals surface area contributed by atoms with Crippen LogP contribution < -0.4 is 0 Å². The molecular weight excluding hydrogens is 308 g/mol. The van der Waals surface area contributed by atoms with Gasteiger partial charge in [-0.25, -0.2) is 0 Å². The minimum atomic E-state index is -0.0927. The maximum Gasteiger partial charge on any atom is 0.310 e. The Kier molecular flexibility index (Phi) is 5.69. The highest BCUT2D eigenvalue weighted by atomic mass is 35.5. The second-order valence-corrected chi connectivity index (χ2v) is 7.44. The van der Waals surface area contributed by atoms with Crippen LogP contribution in [0.1, 0.15) is 33.3 Å². The molecule has 3 heteroatoms. The Labute approximate surface area is 144 Å². The third-order valence-corrected chi connectivity index (χ3v) is 4.64. The Balaban J connectivity index is 1.77. The van der Waals surface area contributed by atoms with Crippen molar-refractivity contribution in [2.75, 3.05) is 6.61 Å². The maximum absolute atomic E-state index is 12.2. The van der Waals surface area contributed by atoms with E-state index in [1.54, 1.807) is 0 Å². The molecule has 124 valence electrons. The van der Waals surface area contributed by atoms with Gasteiger partial charge >= 0.3 is 5.97 Å². The van der Waals surface area contributed by atoms with E-state index in [2.05, 4.69) is 33.8 Å². The summed E-state index contributed by atoms with van der Waals surface area (Å²) in [7, 11) is 0. The minimum Gasteiger partial charge on any atom is -0.461 e.